The van der Waals surface area contributed by atoms with Gasteiger partial charge in [-0.3, -0.25) is 10.1 Å². The molecule has 26 heavy (non-hydrogen) atoms. The van der Waals surface area contributed by atoms with E-state index in [4.69, 9.17) is 16.0 Å². The number of fused-ring (bicyclic) bond motifs is 1. The van der Waals surface area contributed by atoms with Gasteiger partial charge in [0.15, 0.2) is 5.13 Å². The topological polar surface area (TPSA) is 72.2 Å². The number of rotatable bonds is 3. The third-order valence-corrected chi connectivity index (χ3v) is 4.72. The van der Waals surface area contributed by atoms with Gasteiger partial charge in [0, 0.05) is 21.4 Å². The van der Waals surface area contributed by atoms with Gasteiger partial charge < -0.3 is 4.42 Å². The van der Waals surface area contributed by atoms with Crippen molar-refractivity contribution in [1.29, 1.82) is 0 Å². The lowest BCUT2D eigenvalue weighted by atomic mass is 10.2. The van der Waals surface area contributed by atoms with Gasteiger partial charge in [0.2, 0.25) is 0 Å². The predicted molar refractivity (Wildman–Crippen MR) is 103 cm³/mol. The molecular formula is C19H11ClN2O3S. The number of anilines is 1. The first-order chi connectivity index (χ1) is 12.6. The molecule has 4 rings (SSSR count). The second-order valence-corrected chi connectivity index (χ2v) is 6.78. The smallest absolute Gasteiger partial charge is 0.349 e. The molecular weight excluding hydrogens is 372 g/mol. The second-order valence-electron chi connectivity index (χ2n) is 5.49. The first-order valence-electron chi connectivity index (χ1n) is 7.66. The molecule has 0 saturated heterocycles. The van der Waals surface area contributed by atoms with Crippen molar-refractivity contribution in [2.24, 2.45) is 0 Å². The number of carbonyl (C=O) groups is 1. The molecule has 5 nitrogen and oxygen atoms in total. The molecule has 0 aliphatic rings. The Balaban J connectivity index is 1.61. The maximum atomic E-state index is 12.5. The number of benzene rings is 2. The van der Waals surface area contributed by atoms with Gasteiger partial charge in [-0.1, -0.05) is 41.9 Å². The van der Waals surface area contributed by atoms with Crippen LogP contribution < -0.4 is 10.9 Å². The summed E-state index contributed by atoms with van der Waals surface area (Å²) in [5, 5.41) is 6.12. The van der Waals surface area contributed by atoms with Crippen LogP contribution in [0.25, 0.3) is 22.2 Å². The maximum Gasteiger partial charge on any atom is 0.349 e. The number of amides is 1. The normalized spacial score (nSPS) is 10.8. The van der Waals surface area contributed by atoms with E-state index in [2.05, 4.69) is 10.3 Å². The molecule has 128 valence electrons. The second kappa shape index (κ2) is 6.74. The van der Waals surface area contributed by atoms with Gasteiger partial charge in [-0.25, -0.2) is 9.78 Å². The van der Waals surface area contributed by atoms with Gasteiger partial charge in [-0.2, -0.15) is 0 Å². The first-order valence-corrected chi connectivity index (χ1v) is 8.91. The van der Waals surface area contributed by atoms with E-state index in [9.17, 15) is 9.59 Å². The molecule has 0 radical (unpaired) electrons. The van der Waals surface area contributed by atoms with Crippen LogP contribution in [-0.4, -0.2) is 10.9 Å². The maximum absolute atomic E-state index is 12.5. The van der Waals surface area contributed by atoms with Crippen LogP contribution >= 0.6 is 22.9 Å². The Bertz CT molecular complexity index is 1180. The fourth-order valence-electron chi connectivity index (χ4n) is 2.50. The number of halogens is 1. The summed E-state index contributed by atoms with van der Waals surface area (Å²) in [5.41, 5.74) is 1.22. The molecule has 0 unspecified atom stereocenters. The Morgan fingerprint density at radius 1 is 1.12 bits per heavy atom. The lowest BCUT2D eigenvalue weighted by Gasteiger charge is -2.02. The summed E-state index contributed by atoms with van der Waals surface area (Å²) >= 11 is 7.26. The van der Waals surface area contributed by atoms with Crippen molar-refractivity contribution in [3.63, 3.8) is 0 Å². The fourth-order valence-corrected chi connectivity index (χ4v) is 3.40. The number of thiazole rings is 1. The predicted octanol–water partition coefficient (Wildman–Crippen LogP) is 4.82. The molecule has 4 aromatic rings. The molecule has 0 aliphatic carbocycles. The SMILES string of the molecule is O=C(Nc1nc(-c2cccc(Cl)c2)cs1)c1cc2ccccc2oc1=O. The fraction of sp³-hybridized carbons (Fsp3) is 0. The van der Waals surface area contributed by atoms with Crippen LogP contribution in [0, 0.1) is 0 Å². The van der Waals surface area contributed by atoms with Crippen molar-refractivity contribution >= 4 is 44.9 Å². The van der Waals surface area contributed by atoms with Crippen LogP contribution in [0.4, 0.5) is 5.13 Å². The van der Waals surface area contributed by atoms with Crippen molar-refractivity contribution in [3.8, 4) is 11.3 Å². The first kappa shape index (κ1) is 16.5. The molecule has 2 aromatic carbocycles. The van der Waals surface area contributed by atoms with Crippen molar-refractivity contribution in [3.05, 3.63) is 81.0 Å². The summed E-state index contributed by atoms with van der Waals surface area (Å²) < 4.78 is 5.19. The van der Waals surface area contributed by atoms with Gasteiger partial charge in [-0.15, -0.1) is 11.3 Å². The van der Waals surface area contributed by atoms with Gasteiger partial charge in [0.1, 0.15) is 11.1 Å². The van der Waals surface area contributed by atoms with Crippen molar-refractivity contribution < 1.29 is 9.21 Å². The zero-order valence-corrected chi connectivity index (χ0v) is 14.8. The summed E-state index contributed by atoms with van der Waals surface area (Å²) in [6, 6.07) is 15.8. The van der Waals surface area contributed by atoms with Crippen molar-refractivity contribution in [2.75, 3.05) is 5.32 Å². The average Bonchev–Trinajstić information content (AvgIpc) is 3.09. The summed E-state index contributed by atoms with van der Waals surface area (Å²) in [5.74, 6) is -0.559. The lowest BCUT2D eigenvalue weighted by Crippen LogP contribution is -2.20. The zero-order chi connectivity index (χ0) is 18.1. The van der Waals surface area contributed by atoms with E-state index in [0.717, 1.165) is 5.56 Å². The molecule has 7 heteroatoms. The Hall–Kier alpha value is -2.96. The van der Waals surface area contributed by atoms with Gasteiger partial charge in [0.25, 0.3) is 5.91 Å². The number of hydrogen-bond donors (Lipinski definition) is 1. The Morgan fingerprint density at radius 3 is 2.81 bits per heavy atom. The molecule has 0 atom stereocenters. The molecule has 0 saturated carbocycles. The number of para-hydroxylation sites is 1. The van der Waals surface area contributed by atoms with Gasteiger partial charge in [-0.05, 0) is 24.3 Å². The molecule has 2 heterocycles. The highest BCUT2D eigenvalue weighted by atomic mass is 35.5. The highest BCUT2D eigenvalue weighted by molar-refractivity contribution is 7.14. The van der Waals surface area contributed by atoms with E-state index >= 15 is 0 Å². The molecule has 1 N–H and O–H groups in total. The number of nitrogens with one attached hydrogen (secondary N) is 1. The molecule has 0 spiro atoms. The third kappa shape index (κ3) is 3.24. The van der Waals surface area contributed by atoms with Crippen molar-refractivity contribution in [1.82, 2.24) is 4.98 Å². The standard InChI is InChI=1S/C19H11ClN2O3S/c20-13-6-3-5-11(8-13)15-10-26-19(21-15)22-17(23)14-9-12-4-1-2-7-16(12)25-18(14)24/h1-10H,(H,21,22,23). The molecule has 0 aliphatic heterocycles. The van der Waals surface area contributed by atoms with Crippen LogP contribution in [0.3, 0.4) is 0 Å². The highest BCUT2D eigenvalue weighted by Gasteiger charge is 2.15. The van der Waals surface area contributed by atoms with E-state index in [0.29, 0.717) is 26.8 Å². The van der Waals surface area contributed by atoms with Crippen LogP contribution in [0.1, 0.15) is 10.4 Å². The van der Waals surface area contributed by atoms with Gasteiger partial charge in [0.05, 0.1) is 5.69 Å². The molecule has 1 amide bonds. The highest BCUT2D eigenvalue weighted by Crippen LogP contribution is 2.27. The minimum absolute atomic E-state index is 0.0665. The Morgan fingerprint density at radius 2 is 1.96 bits per heavy atom. The van der Waals surface area contributed by atoms with E-state index in [1.807, 2.05) is 23.6 Å². The zero-order valence-electron chi connectivity index (χ0n) is 13.2. The number of hydrogen-bond acceptors (Lipinski definition) is 5. The van der Waals surface area contributed by atoms with Crippen molar-refractivity contribution in [2.45, 2.75) is 0 Å². The number of carbonyl (C=O) groups excluding carboxylic acids is 1. The van der Waals surface area contributed by atoms with E-state index in [-0.39, 0.29) is 5.56 Å². The van der Waals surface area contributed by atoms with Crippen LogP contribution in [0.2, 0.25) is 5.02 Å². The minimum atomic E-state index is -0.687. The summed E-state index contributed by atoms with van der Waals surface area (Å²) in [6.45, 7) is 0. The average molecular weight is 383 g/mol. The van der Waals surface area contributed by atoms with Crippen LogP contribution in [0.5, 0.6) is 0 Å². The Labute approximate surface area is 156 Å². The minimum Gasteiger partial charge on any atom is -0.422 e. The number of aromatic nitrogens is 1. The van der Waals surface area contributed by atoms with E-state index in [1.165, 1.54) is 17.4 Å². The van der Waals surface area contributed by atoms with Gasteiger partial charge >= 0.3 is 5.63 Å². The monoisotopic (exact) mass is 382 g/mol. The van der Waals surface area contributed by atoms with E-state index in [1.54, 1.807) is 30.3 Å². The third-order valence-electron chi connectivity index (χ3n) is 3.73. The molecule has 0 fully saturated rings. The van der Waals surface area contributed by atoms with Crippen LogP contribution in [0.15, 0.2) is 69.2 Å². The molecule has 0 bridgehead atoms. The summed E-state index contributed by atoms with van der Waals surface area (Å²) in [4.78, 5) is 28.9. The largest absolute Gasteiger partial charge is 0.422 e. The summed E-state index contributed by atoms with van der Waals surface area (Å²) in [7, 11) is 0. The Kier molecular flexibility index (Phi) is 4.28. The number of nitrogens with zero attached hydrogens (tertiary/aromatic N) is 1. The lowest BCUT2D eigenvalue weighted by molar-refractivity contribution is 0.102. The van der Waals surface area contributed by atoms with Crippen LogP contribution in [-0.2, 0) is 0 Å². The quantitative estimate of drug-likeness (QED) is 0.515. The molecule has 2 aromatic heterocycles. The van der Waals surface area contributed by atoms with E-state index < -0.39 is 11.5 Å². The summed E-state index contributed by atoms with van der Waals surface area (Å²) in [6.07, 6.45) is 0.